The lowest BCUT2D eigenvalue weighted by molar-refractivity contribution is 0.613. The molecule has 1 fully saturated rings. The lowest BCUT2D eigenvalue weighted by atomic mass is 10.1. The first kappa shape index (κ1) is 11.9. The molecule has 1 heterocycles. The fourth-order valence-corrected chi connectivity index (χ4v) is 2.50. The van der Waals surface area contributed by atoms with Gasteiger partial charge in [-0.2, -0.15) is 4.37 Å². The van der Waals surface area contributed by atoms with Crippen LogP contribution in [-0.2, 0) is 6.42 Å². The Morgan fingerprint density at radius 3 is 3.06 bits per heavy atom. The third-order valence-electron chi connectivity index (χ3n) is 2.75. The number of nitrogens with one attached hydrogen (secondary N) is 1. The van der Waals surface area contributed by atoms with E-state index in [2.05, 4.69) is 14.7 Å². The quantitative estimate of drug-likeness (QED) is 0.933. The average Bonchev–Trinajstić information content (AvgIpc) is 3.05. The molecule has 0 amide bonds. The van der Waals surface area contributed by atoms with Gasteiger partial charge in [0.15, 0.2) is 0 Å². The summed E-state index contributed by atoms with van der Waals surface area (Å²) >= 11 is 7.06. The Hall–Kier alpha value is -1.20. The minimum atomic E-state index is -0.384. The Kier molecular flexibility index (Phi) is 3.18. The molecule has 0 atom stereocenters. The molecule has 0 unspecified atom stereocenters. The van der Waals surface area contributed by atoms with Crippen molar-refractivity contribution in [3.63, 3.8) is 0 Å². The first-order valence-electron chi connectivity index (χ1n) is 5.74. The Balaban J connectivity index is 1.74. The molecule has 0 radical (unpaired) electrons. The van der Waals surface area contributed by atoms with Crippen LogP contribution >= 0.6 is 23.1 Å². The number of aromatic nitrogens is 2. The van der Waals surface area contributed by atoms with Gasteiger partial charge in [-0.1, -0.05) is 23.7 Å². The van der Waals surface area contributed by atoms with Gasteiger partial charge in [0.1, 0.15) is 11.6 Å². The van der Waals surface area contributed by atoms with Crippen LogP contribution in [0, 0.1) is 5.82 Å². The van der Waals surface area contributed by atoms with Gasteiger partial charge in [0.05, 0.1) is 5.02 Å². The standard InChI is InChI=1S/C12H11ClFN3S/c13-9-3-1-2-7(11(9)14)6-10-16-12(18-17-10)15-8-4-5-8/h1-3,8H,4-6H2,(H,15,16,17). The van der Waals surface area contributed by atoms with Gasteiger partial charge in [-0.3, -0.25) is 0 Å². The van der Waals surface area contributed by atoms with Gasteiger partial charge in [-0.05, 0) is 24.5 Å². The van der Waals surface area contributed by atoms with Crippen molar-refractivity contribution in [3.05, 3.63) is 40.4 Å². The molecule has 0 aliphatic heterocycles. The Morgan fingerprint density at radius 2 is 2.28 bits per heavy atom. The van der Waals surface area contributed by atoms with Crippen LogP contribution in [0.5, 0.6) is 0 Å². The molecule has 3 rings (SSSR count). The third kappa shape index (κ3) is 2.62. The lowest BCUT2D eigenvalue weighted by Gasteiger charge is -2.01. The van der Waals surface area contributed by atoms with E-state index in [1.54, 1.807) is 12.1 Å². The summed E-state index contributed by atoms with van der Waals surface area (Å²) in [7, 11) is 0. The highest BCUT2D eigenvalue weighted by Crippen LogP contribution is 2.26. The molecule has 94 valence electrons. The zero-order valence-electron chi connectivity index (χ0n) is 9.49. The van der Waals surface area contributed by atoms with Gasteiger partial charge in [0.2, 0.25) is 5.13 Å². The monoisotopic (exact) mass is 283 g/mol. The highest BCUT2D eigenvalue weighted by atomic mass is 35.5. The molecule has 0 saturated heterocycles. The van der Waals surface area contributed by atoms with Crippen molar-refractivity contribution in [2.45, 2.75) is 25.3 Å². The van der Waals surface area contributed by atoms with Crippen LogP contribution in [-0.4, -0.2) is 15.4 Å². The highest BCUT2D eigenvalue weighted by molar-refractivity contribution is 7.09. The van der Waals surface area contributed by atoms with Crippen molar-refractivity contribution in [2.75, 3.05) is 5.32 Å². The van der Waals surface area contributed by atoms with E-state index in [9.17, 15) is 4.39 Å². The second-order valence-corrected chi connectivity index (χ2v) is 5.48. The van der Waals surface area contributed by atoms with Crippen LogP contribution in [0.25, 0.3) is 0 Å². The zero-order valence-corrected chi connectivity index (χ0v) is 11.1. The second-order valence-electron chi connectivity index (χ2n) is 4.32. The summed E-state index contributed by atoms with van der Waals surface area (Å²) in [5, 5.41) is 4.23. The first-order valence-corrected chi connectivity index (χ1v) is 6.89. The van der Waals surface area contributed by atoms with E-state index in [0.29, 0.717) is 23.9 Å². The van der Waals surface area contributed by atoms with Crippen LogP contribution in [0.1, 0.15) is 24.2 Å². The van der Waals surface area contributed by atoms with E-state index in [1.165, 1.54) is 30.4 Å². The third-order valence-corrected chi connectivity index (χ3v) is 3.73. The summed E-state index contributed by atoms with van der Waals surface area (Å²) in [6, 6.07) is 5.52. The summed E-state index contributed by atoms with van der Waals surface area (Å²) in [4.78, 5) is 4.34. The summed E-state index contributed by atoms with van der Waals surface area (Å²) < 4.78 is 17.9. The van der Waals surface area contributed by atoms with E-state index < -0.39 is 0 Å². The summed E-state index contributed by atoms with van der Waals surface area (Å²) in [6.45, 7) is 0. The maximum absolute atomic E-state index is 13.7. The highest BCUT2D eigenvalue weighted by Gasteiger charge is 2.22. The topological polar surface area (TPSA) is 37.8 Å². The molecule has 1 aromatic heterocycles. The molecule has 6 heteroatoms. The minimum absolute atomic E-state index is 0.138. The molecule has 1 aliphatic rings. The second kappa shape index (κ2) is 4.82. The molecule has 1 saturated carbocycles. The Bertz CT molecular complexity index is 568. The molecule has 18 heavy (non-hydrogen) atoms. The SMILES string of the molecule is Fc1c(Cl)cccc1Cc1nsc(NC2CC2)n1. The largest absolute Gasteiger partial charge is 0.358 e. The molecule has 0 bridgehead atoms. The summed E-state index contributed by atoms with van der Waals surface area (Å²) in [6.07, 6.45) is 2.75. The number of anilines is 1. The van der Waals surface area contributed by atoms with E-state index in [1.807, 2.05) is 0 Å². The number of hydrogen-bond donors (Lipinski definition) is 1. The molecule has 1 aliphatic carbocycles. The van der Waals surface area contributed by atoms with Crippen LogP contribution in [0.4, 0.5) is 9.52 Å². The average molecular weight is 284 g/mol. The number of hydrogen-bond acceptors (Lipinski definition) is 4. The van der Waals surface area contributed by atoms with Gasteiger partial charge in [0, 0.05) is 24.0 Å². The van der Waals surface area contributed by atoms with Crippen molar-refractivity contribution in [1.82, 2.24) is 9.36 Å². The Morgan fingerprint density at radius 1 is 1.44 bits per heavy atom. The van der Waals surface area contributed by atoms with Crippen molar-refractivity contribution in [3.8, 4) is 0 Å². The number of nitrogens with zero attached hydrogens (tertiary/aromatic N) is 2. The zero-order chi connectivity index (χ0) is 12.5. The number of rotatable bonds is 4. The van der Waals surface area contributed by atoms with Gasteiger partial charge in [-0.25, -0.2) is 9.37 Å². The lowest BCUT2D eigenvalue weighted by Crippen LogP contribution is -2.00. The molecule has 1 aromatic carbocycles. The van der Waals surface area contributed by atoms with E-state index in [0.717, 1.165) is 5.13 Å². The van der Waals surface area contributed by atoms with E-state index >= 15 is 0 Å². The number of halogens is 2. The van der Waals surface area contributed by atoms with Crippen molar-refractivity contribution in [1.29, 1.82) is 0 Å². The van der Waals surface area contributed by atoms with Crippen molar-refractivity contribution < 1.29 is 4.39 Å². The molecule has 0 spiro atoms. The predicted octanol–water partition coefficient (Wildman–Crippen LogP) is 3.50. The maximum atomic E-state index is 13.7. The smallest absolute Gasteiger partial charge is 0.202 e. The van der Waals surface area contributed by atoms with Crippen molar-refractivity contribution in [2.24, 2.45) is 0 Å². The fraction of sp³-hybridized carbons (Fsp3) is 0.333. The molecule has 3 nitrogen and oxygen atoms in total. The fourth-order valence-electron chi connectivity index (χ4n) is 1.64. The van der Waals surface area contributed by atoms with Crippen LogP contribution < -0.4 is 5.32 Å². The first-order chi connectivity index (χ1) is 8.72. The van der Waals surface area contributed by atoms with Gasteiger partial charge in [-0.15, -0.1) is 0 Å². The van der Waals surface area contributed by atoms with Crippen molar-refractivity contribution >= 4 is 28.3 Å². The van der Waals surface area contributed by atoms with Gasteiger partial charge >= 0.3 is 0 Å². The van der Waals surface area contributed by atoms with E-state index in [-0.39, 0.29) is 10.8 Å². The normalized spacial score (nSPS) is 14.8. The predicted molar refractivity (Wildman–Crippen MR) is 70.8 cm³/mol. The summed E-state index contributed by atoms with van der Waals surface area (Å²) in [5.41, 5.74) is 0.526. The van der Waals surface area contributed by atoms with E-state index in [4.69, 9.17) is 11.6 Å². The Labute approximate surface area is 113 Å². The van der Waals surface area contributed by atoms with Gasteiger partial charge < -0.3 is 5.32 Å². The maximum Gasteiger partial charge on any atom is 0.202 e. The van der Waals surface area contributed by atoms with Gasteiger partial charge in [0.25, 0.3) is 0 Å². The molecule has 1 N–H and O–H groups in total. The summed E-state index contributed by atoms with van der Waals surface area (Å²) in [5.74, 6) is 0.245. The molecule has 2 aromatic rings. The van der Waals surface area contributed by atoms with Crippen LogP contribution in [0.2, 0.25) is 5.02 Å². The minimum Gasteiger partial charge on any atom is -0.358 e. The molecular formula is C12H11ClFN3S. The van der Waals surface area contributed by atoms with Crippen LogP contribution in [0.15, 0.2) is 18.2 Å². The molecular weight excluding hydrogens is 273 g/mol. The number of benzene rings is 1. The van der Waals surface area contributed by atoms with Crippen LogP contribution in [0.3, 0.4) is 0 Å².